The van der Waals surface area contributed by atoms with Gasteiger partial charge in [0.1, 0.15) is 5.84 Å². The van der Waals surface area contributed by atoms with Crippen molar-refractivity contribution >= 4 is 39.5 Å². The number of aliphatic imine (C=N–C) groups is 1. The predicted octanol–water partition coefficient (Wildman–Crippen LogP) is 5.39. The Morgan fingerprint density at radius 1 is 0.947 bits per heavy atom. The number of benzene rings is 3. The van der Waals surface area contributed by atoms with Gasteiger partial charge >= 0.3 is 5.97 Å². The number of ether oxygens (including phenoxy) is 2. The molecule has 2 aliphatic heterocycles. The van der Waals surface area contributed by atoms with Crippen molar-refractivity contribution in [1.82, 2.24) is 14.1 Å². The maximum atomic E-state index is 14.0. The molecule has 17 heteroatoms. The molecule has 1 saturated heterocycles. The maximum absolute atomic E-state index is 14.0. The van der Waals surface area contributed by atoms with Crippen molar-refractivity contribution in [1.29, 1.82) is 0 Å². The highest BCUT2D eigenvalue weighted by Crippen LogP contribution is 2.35. The molecule has 0 saturated carbocycles. The number of amides is 1. The molecule has 2 heterocycles. The van der Waals surface area contributed by atoms with Crippen LogP contribution in [0.5, 0.6) is 5.75 Å². The van der Waals surface area contributed by atoms with Crippen LogP contribution in [-0.4, -0.2) is 105 Å². The van der Waals surface area contributed by atoms with Gasteiger partial charge in [-0.15, -0.1) is 0 Å². The molecule has 3 aromatic rings. The fourth-order valence-corrected chi connectivity index (χ4v) is 8.33. The van der Waals surface area contributed by atoms with Crippen LogP contribution in [-0.2, 0) is 30.9 Å². The third kappa shape index (κ3) is 10.4. The van der Waals surface area contributed by atoms with Gasteiger partial charge in [-0.05, 0) is 54.8 Å². The first-order chi connectivity index (χ1) is 27.2. The number of hydrogen-bond acceptors (Lipinski definition) is 10. The molecule has 0 unspecified atom stereocenters. The molecular formula is C40H47F4N5O7S. The second kappa shape index (κ2) is 19.2. The number of likely N-dealkylation sites (N-methyl/N-ethyl adjacent to an activating group) is 1. The number of rotatable bonds is 18. The number of hydrogen-bond donors (Lipinski definition) is 2. The number of fused-ring (bicyclic) bond motifs is 1. The van der Waals surface area contributed by atoms with Crippen molar-refractivity contribution in [2.75, 3.05) is 59.6 Å². The Morgan fingerprint density at radius 2 is 1.60 bits per heavy atom. The monoisotopic (exact) mass is 817 g/mol. The van der Waals surface area contributed by atoms with E-state index in [1.807, 2.05) is 37.0 Å². The van der Waals surface area contributed by atoms with Crippen LogP contribution in [0.2, 0.25) is 0 Å². The molecule has 3 aromatic carbocycles. The van der Waals surface area contributed by atoms with Crippen LogP contribution < -0.4 is 10.5 Å². The molecule has 1 fully saturated rings. The first-order valence-corrected chi connectivity index (χ1v) is 20.1. The normalized spacial score (nSPS) is 14.8. The largest absolute Gasteiger partial charge is 0.420 e. The maximum Gasteiger partial charge on any atom is 0.313 e. The number of nitrogens with zero attached hydrogens (tertiary/aromatic N) is 4. The van der Waals surface area contributed by atoms with Crippen LogP contribution in [0.25, 0.3) is 17.2 Å². The molecule has 0 radical (unpaired) electrons. The fraction of sp³-hybridized carbons (Fsp3) is 0.425. The van der Waals surface area contributed by atoms with Gasteiger partial charge in [0.25, 0.3) is 0 Å². The standard InChI is InChI=1S/C40H47F4N5O7S/c1-4-11-48(12-5-2)40(52)30-16-28-8-6-26(17-33(28)46-35(45)19-30)27-7-9-29(34(18-27)57(53,54)49-21-25(22-49)24-50)23-47(3)13-15-55-14-10-36(51)56-39-37(43)31(41)20-32(42)38(39)44/h6-9,16-18,20,25,50H,4-5,10-15,19,21-24H2,1-3H3,(H2,45,46). The number of esters is 1. The summed E-state index contributed by atoms with van der Waals surface area (Å²) >= 11 is 0. The van der Waals surface area contributed by atoms with Gasteiger partial charge in [-0.25, -0.2) is 22.2 Å². The lowest BCUT2D eigenvalue weighted by Crippen LogP contribution is -2.51. The lowest BCUT2D eigenvalue weighted by molar-refractivity contribution is -0.136. The van der Waals surface area contributed by atoms with Crippen molar-refractivity contribution in [3.05, 3.63) is 82.4 Å². The highest BCUT2D eigenvalue weighted by molar-refractivity contribution is 7.89. The Balaban J connectivity index is 1.30. The van der Waals surface area contributed by atoms with Gasteiger partial charge in [0.2, 0.25) is 33.3 Å². The van der Waals surface area contributed by atoms with Crippen LogP contribution >= 0.6 is 0 Å². The molecule has 3 N–H and O–H groups in total. The second-order valence-electron chi connectivity index (χ2n) is 14.1. The highest BCUT2D eigenvalue weighted by Gasteiger charge is 2.37. The number of carbonyl (C=O) groups is 2. The first kappa shape index (κ1) is 43.4. The minimum atomic E-state index is -3.98. The van der Waals surface area contributed by atoms with E-state index >= 15 is 0 Å². The number of aliphatic hydroxyl groups excluding tert-OH is 1. The van der Waals surface area contributed by atoms with Crippen LogP contribution in [0.15, 0.2) is 57.9 Å². The summed E-state index contributed by atoms with van der Waals surface area (Å²) in [4.78, 5) is 33.8. The van der Waals surface area contributed by atoms with E-state index in [-0.39, 0.29) is 81.0 Å². The second-order valence-corrected chi connectivity index (χ2v) is 16.0. The van der Waals surface area contributed by atoms with Gasteiger partial charge in [-0.2, -0.15) is 13.1 Å². The fourth-order valence-electron chi connectivity index (χ4n) is 6.50. The summed E-state index contributed by atoms with van der Waals surface area (Å²) in [5.74, 6) is -9.69. The van der Waals surface area contributed by atoms with E-state index in [0.717, 1.165) is 12.8 Å². The number of sulfonamides is 1. The number of aliphatic hydroxyl groups is 1. The van der Waals surface area contributed by atoms with Gasteiger partial charge in [0.15, 0.2) is 11.6 Å². The van der Waals surface area contributed by atoms with Gasteiger partial charge in [-0.1, -0.05) is 38.1 Å². The molecule has 0 aromatic heterocycles. The van der Waals surface area contributed by atoms with Crippen LogP contribution in [0.4, 0.5) is 23.2 Å². The summed E-state index contributed by atoms with van der Waals surface area (Å²) in [6.07, 6.45) is 3.19. The lowest BCUT2D eigenvalue weighted by atomic mass is 9.99. The molecule has 12 nitrogen and oxygen atoms in total. The molecule has 308 valence electrons. The molecule has 0 spiro atoms. The topological polar surface area (TPSA) is 155 Å². The predicted molar refractivity (Wildman–Crippen MR) is 206 cm³/mol. The molecule has 2 aliphatic rings. The molecule has 0 aliphatic carbocycles. The minimum Gasteiger partial charge on any atom is -0.420 e. The smallest absolute Gasteiger partial charge is 0.313 e. The summed E-state index contributed by atoms with van der Waals surface area (Å²) in [7, 11) is -2.24. The third-order valence-electron chi connectivity index (χ3n) is 9.54. The third-order valence-corrected chi connectivity index (χ3v) is 11.5. The summed E-state index contributed by atoms with van der Waals surface area (Å²) < 4.78 is 93.8. The Hall–Kier alpha value is -4.68. The highest BCUT2D eigenvalue weighted by atomic mass is 32.2. The van der Waals surface area contributed by atoms with E-state index in [0.29, 0.717) is 46.6 Å². The molecule has 57 heavy (non-hydrogen) atoms. The van der Waals surface area contributed by atoms with E-state index in [9.17, 15) is 40.7 Å². The SMILES string of the molecule is CCCN(CCC)C(=O)C1=Cc2ccc(-c3ccc(CN(C)CCOCCC(=O)Oc4c(F)c(F)cc(F)c4F)c(S(=O)(=O)N4CC(CO)C4)c3)cc2N=C(N)C1. The van der Waals surface area contributed by atoms with E-state index in [2.05, 4.69) is 9.73 Å². The summed E-state index contributed by atoms with van der Waals surface area (Å²) in [6.45, 7) is 5.82. The summed E-state index contributed by atoms with van der Waals surface area (Å²) in [5.41, 5.74) is 9.88. The average molecular weight is 818 g/mol. The minimum absolute atomic E-state index is 0.00239. The van der Waals surface area contributed by atoms with E-state index in [4.69, 9.17) is 10.5 Å². The van der Waals surface area contributed by atoms with Crippen molar-refractivity contribution < 1.29 is 50.1 Å². The average Bonchev–Trinajstić information content (AvgIpc) is 3.32. The summed E-state index contributed by atoms with van der Waals surface area (Å²) in [6, 6.07) is 10.6. The van der Waals surface area contributed by atoms with Crippen molar-refractivity contribution in [3.63, 3.8) is 0 Å². The zero-order valence-electron chi connectivity index (χ0n) is 32.1. The number of amidine groups is 1. The number of carbonyl (C=O) groups excluding carboxylic acids is 2. The quantitative estimate of drug-likeness (QED) is 0.0566. The van der Waals surface area contributed by atoms with Crippen molar-refractivity contribution in [2.24, 2.45) is 16.6 Å². The molecule has 0 bridgehead atoms. The molecule has 0 atom stereocenters. The van der Waals surface area contributed by atoms with Gasteiger partial charge in [-0.3, -0.25) is 14.5 Å². The molecule has 1 amide bonds. The van der Waals surface area contributed by atoms with E-state index in [1.54, 1.807) is 36.2 Å². The van der Waals surface area contributed by atoms with Crippen molar-refractivity contribution in [3.8, 4) is 16.9 Å². The molecule has 5 rings (SSSR count). The van der Waals surface area contributed by atoms with Gasteiger partial charge < -0.3 is 25.2 Å². The Morgan fingerprint density at radius 3 is 2.25 bits per heavy atom. The van der Waals surface area contributed by atoms with Gasteiger partial charge in [0.05, 0.1) is 30.2 Å². The zero-order valence-corrected chi connectivity index (χ0v) is 32.9. The van der Waals surface area contributed by atoms with Crippen LogP contribution in [0.3, 0.4) is 0 Å². The Kier molecular flexibility index (Phi) is 14.6. The lowest BCUT2D eigenvalue weighted by Gasteiger charge is -2.37. The summed E-state index contributed by atoms with van der Waals surface area (Å²) in [5, 5.41) is 9.56. The van der Waals surface area contributed by atoms with Crippen LogP contribution in [0, 0.1) is 29.2 Å². The van der Waals surface area contributed by atoms with E-state index in [1.165, 1.54) is 4.31 Å². The number of nitrogens with two attached hydrogens (primary N) is 1. The van der Waals surface area contributed by atoms with Crippen molar-refractivity contribution in [2.45, 2.75) is 51.0 Å². The zero-order chi connectivity index (χ0) is 41.4. The molecular weight excluding hydrogens is 771 g/mol. The van der Waals surface area contributed by atoms with Crippen LogP contribution in [0.1, 0.15) is 50.7 Å². The Labute approximate surface area is 329 Å². The van der Waals surface area contributed by atoms with E-state index < -0.39 is 51.4 Å². The first-order valence-electron chi connectivity index (χ1n) is 18.7. The number of halogens is 4. The van der Waals surface area contributed by atoms with Gasteiger partial charge in [0, 0.05) is 75.4 Å². The Bertz CT molecular complexity index is 2110.